The lowest BCUT2D eigenvalue weighted by Gasteiger charge is -2.18. The van der Waals surface area contributed by atoms with E-state index in [1.54, 1.807) is 0 Å². The Morgan fingerprint density at radius 2 is 0.529 bits per heavy atom. The van der Waals surface area contributed by atoms with E-state index in [4.69, 9.17) is 14.2 Å². The van der Waals surface area contributed by atoms with Crippen LogP contribution in [0.3, 0.4) is 0 Å². The van der Waals surface area contributed by atoms with Gasteiger partial charge in [-0.3, -0.25) is 14.4 Å². The summed E-state index contributed by atoms with van der Waals surface area (Å²) in [6, 6.07) is 0. The van der Waals surface area contributed by atoms with Crippen molar-refractivity contribution in [2.75, 3.05) is 13.2 Å². The summed E-state index contributed by atoms with van der Waals surface area (Å²) in [4.78, 5) is 38.2. The van der Waals surface area contributed by atoms with Crippen molar-refractivity contribution in [2.45, 2.75) is 329 Å². The summed E-state index contributed by atoms with van der Waals surface area (Å²) in [6.45, 7) is 6.65. The fraction of sp³-hybridized carbons (Fsp3) is 0.855. The van der Waals surface area contributed by atoms with Crippen molar-refractivity contribution in [1.29, 1.82) is 0 Å². The molecule has 1 unspecified atom stereocenters. The van der Waals surface area contributed by atoms with Crippen molar-refractivity contribution >= 4 is 17.9 Å². The zero-order chi connectivity index (χ0) is 49.3. The van der Waals surface area contributed by atoms with E-state index in [1.165, 1.54) is 205 Å². The first kappa shape index (κ1) is 65.6. The van der Waals surface area contributed by atoms with Crippen LogP contribution in [0.2, 0.25) is 0 Å². The van der Waals surface area contributed by atoms with E-state index < -0.39 is 6.10 Å². The highest BCUT2D eigenvalue weighted by atomic mass is 16.6. The standard InChI is InChI=1S/C62H114O6/c1-4-7-10-13-16-19-22-25-28-31-34-37-40-43-46-49-52-55-61(64)67-58-59(57-66-60(63)54-51-48-45-42-39-36-33-30-27-24-21-18-15-12-9-6-3)68-62(65)56-53-50-47-44-41-38-35-32-29-26-23-20-17-14-11-8-5-2/h16,19,25,28,30,33,59H,4-15,17-18,20-24,26-27,29,31-32,34-58H2,1-3H3/b19-16-,28-25-,33-30-. The molecule has 0 amide bonds. The zero-order valence-corrected chi connectivity index (χ0v) is 45.6. The summed E-state index contributed by atoms with van der Waals surface area (Å²) < 4.78 is 16.9. The number of rotatable bonds is 55. The Labute approximate surface area is 423 Å². The molecule has 1 atom stereocenters. The third-order valence-electron chi connectivity index (χ3n) is 13.4. The molecule has 0 aliphatic carbocycles. The Morgan fingerprint density at radius 3 is 0.853 bits per heavy atom. The molecule has 0 spiro atoms. The van der Waals surface area contributed by atoms with Gasteiger partial charge in [0.05, 0.1) is 0 Å². The molecule has 0 heterocycles. The Morgan fingerprint density at radius 1 is 0.294 bits per heavy atom. The van der Waals surface area contributed by atoms with Crippen LogP contribution < -0.4 is 0 Å². The summed E-state index contributed by atoms with van der Waals surface area (Å²) in [6.07, 6.45) is 68.5. The molecule has 0 fully saturated rings. The van der Waals surface area contributed by atoms with Gasteiger partial charge in [-0.05, 0) is 77.0 Å². The lowest BCUT2D eigenvalue weighted by atomic mass is 10.0. The minimum Gasteiger partial charge on any atom is -0.462 e. The number of ether oxygens (including phenoxy) is 3. The van der Waals surface area contributed by atoms with Crippen LogP contribution in [0, 0.1) is 0 Å². The van der Waals surface area contributed by atoms with Crippen LogP contribution in [0.25, 0.3) is 0 Å². The molecule has 0 rings (SSSR count). The van der Waals surface area contributed by atoms with Gasteiger partial charge in [0.15, 0.2) is 6.10 Å². The number of carbonyl (C=O) groups excluding carboxylic acids is 3. The van der Waals surface area contributed by atoms with Crippen LogP contribution in [-0.4, -0.2) is 37.2 Å². The second kappa shape index (κ2) is 57.2. The van der Waals surface area contributed by atoms with Gasteiger partial charge in [0.2, 0.25) is 0 Å². The monoisotopic (exact) mass is 955 g/mol. The van der Waals surface area contributed by atoms with Crippen molar-refractivity contribution < 1.29 is 28.6 Å². The second-order valence-corrected chi connectivity index (χ2v) is 20.3. The molecule has 398 valence electrons. The predicted molar refractivity (Wildman–Crippen MR) is 293 cm³/mol. The molecule has 0 aliphatic rings. The van der Waals surface area contributed by atoms with E-state index >= 15 is 0 Å². The van der Waals surface area contributed by atoms with Gasteiger partial charge < -0.3 is 14.2 Å². The van der Waals surface area contributed by atoms with Gasteiger partial charge in [0.1, 0.15) is 13.2 Å². The molecular formula is C62H114O6. The van der Waals surface area contributed by atoms with E-state index in [0.29, 0.717) is 19.3 Å². The Bertz CT molecular complexity index is 1140. The molecule has 0 aliphatic heterocycles. The van der Waals surface area contributed by atoms with Crippen LogP contribution in [0.5, 0.6) is 0 Å². The third-order valence-corrected chi connectivity index (χ3v) is 13.4. The van der Waals surface area contributed by atoms with E-state index in [2.05, 4.69) is 57.2 Å². The maximum atomic E-state index is 12.9. The highest BCUT2D eigenvalue weighted by Crippen LogP contribution is 2.17. The minimum absolute atomic E-state index is 0.0753. The van der Waals surface area contributed by atoms with Crippen LogP contribution in [-0.2, 0) is 28.6 Å². The van der Waals surface area contributed by atoms with Crippen LogP contribution in [0.4, 0.5) is 0 Å². The highest BCUT2D eigenvalue weighted by Gasteiger charge is 2.19. The van der Waals surface area contributed by atoms with E-state index in [9.17, 15) is 14.4 Å². The number of hydrogen-bond donors (Lipinski definition) is 0. The third kappa shape index (κ3) is 54.6. The maximum Gasteiger partial charge on any atom is 0.306 e. The van der Waals surface area contributed by atoms with Crippen LogP contribution in [0.15, 0.2) is 36.5 Å². The van der Waals surface area contributed by atoms with Crippen LogP contribution >= 0.6 is 0 Å². The SMILES string of the molecule is CCCCC/C=C\C/C=C\CCCCCCCCCC(=O)OCC(COC(=O)CCCCCCC/C=C\CCCCCCCCC)OC(=O)CCCCCCCCCCCCCCCCCCC. The highest BCUT2D eigenvalue weighted by molar-refractivity contribution is 5.71. The van der Waals surface area contributed by atoms with Gasteiger partial charge in [0.25, 0.3) is 0 Å². The summed E-state index contributed by atoms with van der Waals surface area (Å²) in [5.74, 6) is -0.870. The normalized spacial score (nSPS) is 12.2. The molecule has 0 aromatic heterocycles. The number of unbranched alkanes of at least 4 members (excludes halogenated alkanes) is 38. The molecule has 0 aromatic rings. The summed E-state index contributed by atoms with van der Waals surface area (Å²) in [7, 11) is 0. The van der Waals surface area contributed by atoms with Crippen LogP contribution in [0.1, 0.15) is 323 Å². The predicted octanol–water partition coefficient (Wildman–Crippen LogP) is 20.0. The molecule has 0 saturated carbocycles. The Balaban J connectivity index is 4.36. The second-order valence-electron chi connectivity index (χ2n) is 20.3. The topological polar surface area (TPSA) is 78.9 Å². The largest absolute Gasteiger partial charge is 0.462 e. The van der Waals surface area contributed by atoms with Gasteiger partial charge in [-0.25, -0.2) is 0 Å². The summed E-state index contributed by atoms with van der Waals surface area (Å²) >= 11 is 0. The molecule has 0 radical (unpaired) electrons. The fourth-order valence-electron chi connectivity index (χ4n) is 8.82. The van der Waals surface area contributed by atoms with E-state index in [-0.39, 0.29) is 31.1 Å². The van der Waals surface area contributed by atoms with Gasteiger partial charge >= 0.3 is 17.9 Å². The van der Waals surface area contributed by atoms with Crippen molar-refractivity contribution in [3.05, 3.63) is 36.5 Å². The average Bonchev–Trinajstić information content (AvgIpc) is 3.34. The average molecular weight is 956 g/mol. The molecule has 6 heteroatoms. The zero-order valence-electron chi connectivity index (χ0n) is 45.6. The lowest BCUT2D eigenvalue weighted by Crippen LogP contribution is -2.30. The first-order valence-electron chi connectivity index (χ1n) is 30.0. The summed E-state index contributed by atoms with van der Waals surface area (Å²) in [5, 5.41) is 0. The minimum atomic E-state index is -0.776. The Hall–Kier alpha value is -2.37. The number of carbonyl (C=O) groups is 3. The van der Waals surface area contributed by atoms with Crippen molar-refractivity contribution in [3.8, 4) is 0 Å². The molecule has 0 N–H and O–H groups in total. The summed E-state index contributed by atoms with van der Waals surface area (Å²) in [5.41, 5.74) is 0. The van der Waals surface area contributed by atoms with Crippen molar-refractivity contribution in [2.24, 2.45) is 0 Å². The molecule has 0 bridgehead atoms. The van der Waals surface area contributed by atoms with E-state index in [1.807, 2.05) is 0 Å². The quantitative estimate of drug-likeness (QED) is 0.0262. The molecule has 0 aromatic carbocycles. The number of allylic oxidation sites excluding steroid dienone is 6. The number of hydrogen-bond acceptors (Lipinski definition) is 6. The van der Waals surface area contributed by atoms with Gasteiger partial charge in [-0.15, -0.1) is 0 Å². The Kier molecular flexibility index (Phi) is 55.2. The lowest BCUT2D eigenvalue weighted by molar-refractivity contribution is -0.167. The first-order chi connectivity index (χ1) is 33.5. The maximum absolute atomic E-state index is 12.9. The smallest absolute Gasteiger partial charge is 0.306 e. The molecule has 68 heavy (non-hydrogen) atoms. The van der Waals surface area contributed by atoms with Gasteiger partial charge in [0, 0.05) is 19.3 Å². The molecular weight excluding hydrogens is 841 g/mol. The van der Waals surface area contributed by atoms with Gasteiger partial charge in [-0.1, -0.05) is 263 Å². The first-order valence-corrected chi connectivity index (χ1v) is 30.0. The van der Waals surface area contributed by atoms with Gasteiger partial charge in [-0.2, -0.15) is 0 Å². The fourth-order valence-corrected chi connectivity index (χ4v) is 8.82. The van der Waals surface area contributed by atoms with Crippen molar-refractivity contribution in [1.82, 2.24) is 0 Å². The van der Waals surface area contributed by atoms with Crippen molar-refractivity contribution in [3.63, 3.8) is 0 Å². The number of esters is 3. The molecule has 0 saturated heterocycles. The molecule has 6 nitrogen and oxygen atoms in total. The van der Waals surface area contributed by atoms with E-state index in [0.717, 1.165) is 77.0 Å².